The van der Waals surface area contributed by atoms with E-state index in [0.717, 1.165) is 66.1 Å². The molecule has 7 heteroatoms. The minimum absolute atomic E-state index is 0.230. The zero-order chi connectivity index (χ0) is 22.3. The number of fused-ring (bicyclic) bond motifs is 1. The fraction of sp³-hybridized carbons (Fsp3) is 0.440. The van der Waals surface area contributed by atoms with Crippen molar-refractivity contribution in [2.75, 3.05) is 32.5 Å². The number of furan rings is 1. The summed E-state index contributed by atoms with van der Waals surface area (Å²) in [5.74, 6) is 1.04. The van der Waals surface area contributed by atoms with Gasteiger partial charge in [-0.25, -0.2) is 0 Å². The van der Waals surface area contributed by atoms with Crippen molar-refractivity contribution in [3.8, 4) is 5.75 Å². The van der Waals surface area contributed by atoms with Crippen LogP contribution in [-0.4, -0.2) is 53.5 Å². The number of carboxylic acid groups (broad SMARTS) is 1. The number of thioether (sulfide) groups is 1. The van der Waals surface area contributed by atoms with Crippen molar-refractivity contribution in [1.29, 1.82) is 0 Å². The first-order chi connectivity index (χ1) is 15.6. The molecule has 32 heavy (non-hydrogen) atoms. The normalized spacial score (nSPS) is 19.3. The molecular formula is C25H30N2O4S. The third-order valence-corrected chi connectivity index (χ3v) is 7.34. The fourth-order valence-corrected chi connectivity index (χ4v) is 5.47. The number of benzene rings is 1. The molecule has 0 radical (unpaired) electrons. The van der Waals surface area contributed by atoms with Crippen molar-refractivity contribution in [1.82, 2.24) is 9.88 Å². The van der Waals surface area contributed by atoms with Gasteiger partial charge in [-0.3, -0.25) is 9.78 Å². The van der Waals surface area contributed by atoms with Crippen molar-refractivity contribution in [2.45, 2.75) is 30.6 Å². The maximum Gasteiger partial charge on any atom is 0.308 e. The molecule has 4 rings (SSSR count). The number of hydrogen-bond donors (Lipinski definition) is 1. The second-order valence-corrected chi connectivity index (χ2v) is 9.52. The number of rotatable bonds is 10. The summed E-state index contributed by atoms with van der Waals surface area (Å²) < 4.78 is 10.5. The maximum absolute atomic E-state index is 12.0. The molecule has 0 bridgehead atoms. The van der Waals surface area contributed by atoms with Crippen LogP contribution in [0.25, 0.3) is 10.9 Å². The minimum Gasteiger partial charge on any atom is -0.497 e. The molecule has 0 spiro atoms. The summed E-state index contributed by atoms with van der Waals surface area (Å²) in [4.78, 5) is 19.9. The van der Waals surface area contributed by atoms with E-state index < -0.39 is 5.97 Å². The lowest BCUT2D eigenvalue weighted by molar-refractivity contribution is -0.146. The highest BCUT2D eigenvalue weighted by atomic mass is 32.2. The Bertz CT molecular complexity index is 1020. The van der Waals surface area contributed by atoms with Gasteiger partial charge in [0, 0.05) is 35.3 Å². The summed E-state index contributed by atoms with van der Waals surface area (Å²) in [6.45, 7) is 2.51. The summed E-state index contributed by atoms with van der Waals surface area (Å²) in [5.41, 5.74) is 2.21. The predicted octanol–water partition coefficient (Wildman–Crippen LogP) is 4.97. The van der Waals surface area contributed by atoms with Crippen molar-refractivity contribution in [2.24, 2.45) is 11.8 Å². The first-order valence-corrected chi connectivity index (χ1v) is 12.1. The number of likely N-dealkylation sites (tertiary alicyclic amines) is 1. The Labute approximate surface area is 193 Å². The van der Waals surface area contributed by atoms with Crippen molar-refractivity contribution in [3.63, 3.8) is 0 Å². The third kappa shape index (κ3) is 5.64. The highest BCUT2D eigenvalue weighted by molar-refractivity contribution is 7.99. The molecule has 170 valence electrons. The Balaban J connectivity index is 1.30. The van der Waals surface area contributed by atoms with E-state index in [-0.39, 0.29) is 11.8 Å². The minimum atomic E-state index is -0.665. The van der Waals surface area contributed by atoms with E-state index in [1.165, 1.54) is 5.56 Å². The van der Waals surface area contributed by atoms with E-state index in [9.17, 15) is 9.90 Å². The molecule has 3 heterocycles. The second-order valence-electron chi connectivity index (χ2n) is 8.35. The lowest BCUT2D eigenvalue weighted by Crippen LogP contribution is -2.44. The Morgan fingerprint density at radius 1 is 1.34 bits per heavy atom. The number of nitrogens with zero attached hydrogens (tertiary/aromatic N) is 2. The number of carbonyl (C=O) groups is 1. The standard InChI is InChI=1S/C25H30N2O4S/c1-30-20-5-6-24-22(15-20)18(7-10-26-24)3-2-4-19-8-11-27(16-23(19)25(28)29)12-14-32-21-9-13-31-17-21/h5-7,9-10,13,15,17,19,23H,2-4,8,11-12,14,16H2,1H3,(H,28,29). The van der Waals surface area contributed by atoms with E-state index in [0.29, 0.717) is 6.54 Å². The van der Waals surface area contributed by atoms with Crippen LogP contribution < -0.4 is 4.74 Å². The Morgan fingerprint density at radius 3 is 3.03 bits per heavy atom. The van der Waals surface area contributed by atoms with Crippen molar-refractivity contribution in [3.05, 3.63) is 54.6 Å². The number of aryl methyl sites for hydroxylation is 1. The van der Waals surface area contributed by atoms with E-state index >= 15 is 0 Å². The predicted molar refractivity (Wildman–Crippen MR) is 126 cm³/mol. The van der Waals surface area contributed by atoms with E-state index in [1.807, 2.05) is 30.5 Å². The molecule has 1 aliphatic rings. The van der Waals surface area contributed by atoms with Crippen LogP contribution >= 0.6 is 11.8 Å². The molecule has 0 amide bonds. The van der Waals surface area contributed by atoms with Gasteiger partial charge in [-0.05, 0) is 74.0 Å². The molecule has 2 aromatic heterocycles. The van der Waals surface area contributed by atoms with Gasteiger partial charge in [-0.15, -0.1) is 11.8 Å². The molecule has 1 aliphatic heterocycles. The molecule has 2 atom stereocenters. The van der Waals surface area contributed by atoms with Gasteiger partial charge in [0.2, 0.25) is 0 Å². The lowest BCUT2D eigenvalue weighted by atomic mass is 9.81. The summed E-state index contributed by atoms with van der Waals surface area (Å²) in [5, 5.41) is 11.0. The molecular weight excluding hydrogens is 424 g/mol. The van der Waals surface area contributed by atoms with Crippen LogP contribution in [0.4, 0.5) is 0 Å². The SMILES string of the molecule is COc1ccc2nccc(CCCC3CCN(CCSc4ccoc4)CC3C(=O)O)c2c1. The lowest BCUT2D eigenvalue weighted by Gasteiger charge is -2.36. The maximum atomic E-state index is 12.0. The molecule has 1 N–H and O–H groups in total. The van der Waals surface area contributed by atoms with Crippen LogP contribution in [0.3, 0.4) is 0 Å². The van der Waals surface area contributed by atoms with Crippen LogP contribution in [-0.2, 0) is 11.2 Å². The van der Waals surface area contributed by atoms with Crippen LogP contribution in [0.15, 0.2) is 58.4 Å². The average Bonchev–Trinajstić information content (AvgIpc) is 3.33. The summed E-state index contributed by atoms with van der Waals surface area (Å²) in [6, 6.07) is 9.98. The highest BCUT2D eigenvalue weighted by Gasteiger charge is 2.33. The van der Waals surface area contributed by atoms with Gasteiger partial charge in [0.15, 0.2) is 0 Å². The van der Waals surface area contributed by atoms with Crippen LogP contribution in [0.2, 0.25) is 0 Å². The zero-order valence-corrected chi connectivity index (χ0v) is 19.2. The number of piperidine rings is 1. The zero-order valence-electron chi connectivity index (χ0n) is 18.4. The van der Waals surface area contributed by atoms with Gasteiger partial charge in [-0.1, -0.05) is 0 Å². The first-order valence-electron chi connectivity index (χ1n) is 11.2. The van der Waals surface area contributed by atoms with E-state index in [4.69, 9.17) is 9.15 Å². The van der Waals surface area contributed by atoms with E-state index in [1.54, 1.807) is 31.4 Å². The number of ether oxygens (including phenoxy) is 1. The Hall–Kier alpha value is -2.51. The first kappa shape index (κ1) is 22.7. The summed E-state index contributed by atoms with van der Waals surface area (Å²) in [6.07, 6.45) is 9.05. The van der Waals surface area contributed by atoms with Crippen LogP contribution in [0.5, 0.6) is 5.75 Å². The number of aliphatic carboxylic acids is 1. The average molecular weight is 455 g/mol. The molecule has 6 nitrogen and oxygen atoms in total. The number of methoxy groups -OCH3 is 1. The third-order valence-electron chi connectivity index (χ3n) is 6.39. The molecule has 0 aliphatic carbocycles. The van der Waals surface area contributed by atoms with Crippen molar-refractivity contribution < 1.29 is 19.1 Å². The Morgan fingerprint density at radius 2 is 2.25 bits per heavy atom. The topological polar surface area (TPSA) is 75.8 Å². The number of pyridine rings is 1. The molecule has 2 unspecified atom stereocenters. The smallest absolute Gasteiger partial charge is 0.308 e. The van der Waals surface area contributed by atoms with Gasteiger partial charge in [-0.2, -0.15) is 0 Å². The van der Waals surface area contributed by atoms with Crippen molar-refractivity contribution >= 4 is 28.6 Å². The van der Waals surface area contributed by atoms with Crippen LogP contribution in [0, 0.1) is 11.8 Å². The number of hydrogen-bond acceptors (Lipinski definition) is 6. The van der Waals surface area contributed by atoms with Crippen LogP contribution in [0.1, 0.15) is 24.8 Å². The number of aromatic nitrogens is 1. The van der Waals surface area contributed by atoms with Gasteiger partial charge >= 0.3 is 5.97 Å². The molecule has 1 fully saturated rings. The van der Waals surface area contributed by atoms with Gasteiger partial charge in [0.1, 0.15) is 12.0 Å². The molecule has 0 saturated carbocycles. The van der Waals surface area contributed by atoms with E-state index in [2.05, 4.69) is 16.0 Å². The fourth-order valence-electron chi connectivity index (χ4n) is 4.61. The van der Waals surface area contributed by atoms with Gasteiger partial charge in [0.05, 0.1) is 24.8 Å². The monoisotopic (exact) mass is 454 g/mol. The highest BCUT2D eigenvalue weighted by Crippen LogP contribution is 2.30. The summed E-state index contributed by atoms with van der Waals surface area (Å²) in [7, 11) is 1.67. The summed E-state index contributed by atoms with van der Waals surface area (Å²) >= 11 is 1.75. The molecule has 1 saturated heterocycles. The molecule has 1 aromatic carbocycles. The Kier molecular flexibility index (Phi) is 7.71. The quantitative estimate of drug-likeness (QED) is 0.433. The largest absolute Gasteiger partial charge is 0.497 e. The van der Waals surface area contributed by atoms with Gasteiger partial charge in [0.25, 0.3) is 0 Å². The molecule has 3 aromatic rings. The second kappa shape index (κ2) is 10.9. The van der Waals surface area contributed by atoms with Gasteiger partial charge < -0.3 is 19.2 Å². The number of carboxylic acids is 1.